The van der Waals surface area contributed by atoms with Crippen molar-refractivity contribution < 1.29 is 18.0 Å². The van der Waals surface area contributed by atoms with Crippen LogP contribution in [0.4, 0.5) is 0 Å². The highest BCUT2D eigenvalue weighted by atomic mass is 32.2. The molecule has 0 spiro atoms. The van der Waals surface area contributed by atoms with E-state index < -0.39 is 16.1 Å². The molecular formula is C19H24N2O4S. The van der Waals surface area contributed by atoms with Gasteiger partial charge in [-0.15, -0.1) is 0 Å². The van der Waals surface area contributed by atoms with Crippen LogP contribution in [0.3, 0.4) is 0 Å². The van der Waals surface area contributed by atoms with E-state index in [-0.39, 0.29) is 16.8 Å². The molecule has 1 aliphatic carbocycles. The Kier molecular flexibility index (Phi) is 5.60. The minimum absolute atomic E-state index is 0.0140. The number of amides is 1. The highest BCUT2D eigenvalue weighted by Crippen LogP contribution is 2.24. The quantitative estimate of drug-likeness (QED) is 0.787. The molecule has 1 saturated carbocycles. The third-order valence-corrected chi connectivity index (χ3v) is 6.34. The number of benzene rings is 2. The van der Waals surface area contributed by atoms with E-state index in [9.17, 15) is 13.2 Å². The first-order valence-corrected chi connectivity index (χ1v) is 10.3. The molecule has 1 amide bonds. The number of hydrogen-bond donors (Lipinski definition) is 1. The standard InChI is InChI=1S/C19H24N2O4S/c1-14(19(22)21(25-2)17-9-5-6-10-17)20-26(23,24)18-12-11-15-7-3-4-8-16(15)13-18/h3-4,7-8,11-14,17,20H,5-6,9-10H2,1-2H3. The summed E-state index contributed by atoms with van der Waals surface area (Å²) >= 11 is 0. The highest BCUT2D eigenvalue weighted by molar-refractivity contribution is 7.89. The van der Waals surface area contributed by atoms with E-state index in [1.54, 1.807) is 25.1 Å². The molecule has 1 aliphatic rings. The maximum Gasteiger partial charge on any atom is 0.264 e. The zero-order valence-corrected chi connectivity index (χ0v) is 15.8. The number of carbonyl (C=O) groups is 1. The van der Waals surface area contributed by atoms with Gasteiger partial charge in [-0.05, 0) is 42.7 Å². The van der Waals surface area contributed by atoms with E-state index in [1.807, 2.05) is 24.3 Å². The van der Waals surface area contributed by atoms with Crippen molar-refractivity contribution in [3.8, 4) is 0 Å². The Balaban J connectivity index is 1.77. The summed E-state index contributed by atoms with van der Waals surface area (Å²) < 4.78 is 27.9. The number of nitrogens with zero attached hydrogens (tertiary/aromatic N) is 1. The number of hydrogen-bond acceptors (Lipinski definition) is 4. The van der Waals surface area contributed by atoms with Gasteiger partial charge < -0.3 is 0 Å². The van der Waals surface area contributed by atoms with Crippen molar-refractivity contribution in [2.75, 3.05) is 7.11 Å². The number of carbonyl (C=O) groups excluding carboxylic acids is 1. The summed E-state index contributed by atoms with van der Waals surface area (Å²) in [6.45, 7) is 1.54. The Labute approximate surface area is 154 Å². The molecule has 140 valence electrons. The van der Waals surface area contributed by atoms with Crippen LogP contribution in [0.15, 0.2) is 47.4 Å². The molecule has 26 heavy (non-hydrogen) atoms. The van der Waals surface area contributed by atoms with E-state index >= 15 is 0 Å². The Hall–Kier alpha value is -1.96. The van der Waals surface area contributed by atoms with E-state index in [0.29, 0.717) is 0 Å². The van der Waals surface area contributed by atoms with Crippen LogP contribution in [-0.4, -0.2) is 38.6 Å². The highest BCUT2D eigenvalue weighted by Gasteiger charge is 2.32. The van der Waals surface area contributed by atoms with E-state index in [0.717, 1.165) is 36.5 Å². The maximum absolute atomic E-state index is 12.7. The van der Waals surface area contributed by atoms with E-state index in [2.05, 4.69) is 4.72 Å². The minimum atomic E-state index is -3.81. The van der Waals surface area contributed by atoms with Gasteiger partial charge in [-0.2, -0.15) is 4.72 Å². The van der Waals surface area contributed by atoms with E-state index in [4.69, 9.17) is 4.84 Å². The summed E-state index contributed by atoms with van der Waals surface area (Å²) in [7, 11) is -2.37. The topological polar surface area (TPSA) is 75.7 Å². The molecule has 2 aromatic carbocycles. The number of fused-ring (bicyclic) bond motifs is 1. The van der Waals surface area contributed by atoms with Crippen molar-refractivity contribution in [1.82, 2.24) is 9.79 Å². The zero-order valence-electron chi connectivity index (χ0n) is 15.0. The van der Waals surface area contributed by atoms with Crippen molar-refractivity contribution in [2.45, 2.75) is 49.6 Å². The van der Waals surface area contributed by atoms with Crippen LogP contribution >= 0.6 is 0 Å². The summed E-state index contributed by atoms with van der Waals surface area (Å²) in [4.78, 5) is 18.0. The van der Waals surface area contributed by atoms with Gasteiger partial charge in [0.15, 0.2) is 0 Å². The summed E-state index contributed by atoms with van der Waals surface area (Å²) in [6.07, 6.45) is 3.86. The summed E-state index contributed by atoms with van der Waals surface area (Å²) in [5.74, 6) is -0.372. The van der Waals surface area contributed by atoms with Crippen LogP contribution in [0.1, 0.15) is 32.6 Å². The SMILES string of the molecule is CON(C(=O)C(C)NS(=O)(=O)c1ccc2ccccc2c1)C1CCCC1. The molecule has 1 unspecified atom stereocenters. The van der Waals surface area contributed by atoms with Crippen LogP contribution < -0.4 is 4.72 Å². The molecule has 0 bridgehead atoms. The fraction of sp³-hybridized carbons (Fsp3) is 0.421. The van der Waals surface area contributed by atoms with Crippen LogP contribution in [0.5, 0.6) is 0 Å². The molecule has 6 nitrogen and oxygen atoms in total. The lowest BCUT2D eigenvalue weighted by molar-refractivity contribution is -0.189. The number of hydroxylamine groups is 2. The molecule has 1 N–H and O–H groups in total. The zero-order chi connectivity index (χ0) is 18.7. The third-order valence-electron chi connectivity index (χ3n) is 4.80. The van der Waals surface area contributed by atoms with Gasteiger partial charge >= 0.3 is 0 Å². The Morgan fingerprint density at radius 1 is 1.15 bits per heavy atom. The molecule has 0 aliphatic heterocycles. The number of nitrogens with one attached hydrogen (secondary N) is 1. The Morgan fingerprint density at radius 2 is 1.81 bits per heavy atom. The summed E-state index contributed by atoms with van der Waals surface area (Å²) in [6, 6.07) is 11.6. The Morgan fingerprint density at radius 3 is 2.46 bits per heavy atom. The van der Waals surface area contributed by atoms with Crippen LogP contribution in [0.2, 0.25) is 0 Å². The van der Waals surface area contributed by atoms with Gasteiger partial charge in [-0.25, -0.2) is 13.5 Å². The summed E-state index contributed by atoms with van der Waals surface area (Å²) in [5, 5.41) is 3.11. The lowest BCUT2D eigenvalue weighted by Gasteiger charge is -2.28. The van der Waals surface area contributed by atoms with Crippen molar-refractivity contribution in [3.05, 3.63) is 42.5 Å². The molecule has 0 radical (unpaired) electrons. The smallest absolute Gasteiger partial charge is 0.264 e. The normalized spacial score (nSPS) is 16.7. The van der Waals surface area contributed by atoms with Crippen molar-refractivity contribution >= 4 is 26.7 Å². The molecule has 7 heteroatoms. The lowest BCUT2D eigenvalue weighted by Crippen LogP contribution is -2.49. The molecule has 0 saturated heterocycles. The fourth-order valence-corrected chi connectivity index (χ4v) is 4.67. The van der Waals surface area contributed by atoms with Gasteiger partial charge in [0.05, 0.1) is 18.0 Å². The van der Waals surface area contributed by atoms with Gasteiger partial charge in [0.2, 0.25) is 10.0 Å². The van der Waals surface area contributed by atoms with E-state index in [1.165, 1.54) is 12.2 Å². The molecule has 0 aromatic heterocycles. The first kappa shape index (κ1) is 18.8. The largest absolute Gasteiger partial charge is 0.274 e. The van der Waals surface area contributed by atoms with Crippen molar-refractivity contribution in [1.29, 1.82) is 0 Å². The minimum Gasteiger partial charge on any atom is -0.274 e. The molecule has 0 heterocycles. The second-order valence-electron chi connectivity index (χ2n) is 6.64. The molecule has 1 fully saturated rings. The molecule has 1 atom stereocenters. The molecular weight excluding hydrogens is 352 g/mol. The second kappa shape index (κ2) is 7.73. The lowest BCUT2D eigenvalue weighted by atomic mass is 10.1. The fourth-order valence-electron chi connectivity index (χ4n) is 3.43. The van der Waals surface area contributed by atoms with Gasteiger partial charge in [0, 0.05) is 0 Å². The molecule has 3 rings (SSSR count). The van der Waals surface area contributed by atoms with Crippen LogP contribution in [0.25, 0.3) is 10.8 Å². The number of rotatable bonds is 6. The molecule has 2 aromatic rings. The number of sulfonamides is 1. The second-order valence-corrected chi connectivity index (χ2v) is 8.35. The first-order valence-electron chi connectivity index (χ1n) is 8.80. The third kappa shape index (κ3) is 3.90. The van der Waals surface area contributed by atoms with Gasteiger partial charge in [-0.1, -0.05) is 43.2 Å². The van der Waals surface area contributed by atoms with Crippen molar-refractivity contribution in [3.63, 3.8) is 0 Å². The average Bonchev–Trinajstić information content (AvgIpc) is 3.15. The predicted octanol–water partition coefficient (Wildman–Crippen LogP) is 2.84. The summed E-state index contributed by atoms with van der Waals surface area (Å²) in [5.41, 5.74) is 0. The first-order chi connectivity index (χ1) is 12.4. The van der Waals surface area contributed by atoms with Gasteiger partial charge in [0.1, 0.15) is 6.04 Å². The van der Waals surface area contributed by atoms with Crippen molar-refractivity contribution in [2.24, 2.45) is 0 Å². The Bertz CT molecular complexity index is 891. The van der Waals surface area contributed by atoms with Gasteiger partial charge in [-0.3, -0.25) is 9.63 Å². The van der Waals surface area contributed by atoms with Gasteiger partial charge in [0.25, 0.3) is 5.91 Å². The predicted molar refractivity (Wildman–Crippen MR) is 99.8 cm³/mol. The van der Waals surface area contributed by atoms with Crippen LogP contribution in [-0.2, 0) is 19.7 Å². The maximum atomic E-state index is 12.7. The monoisotopic (exact) mass is 376 g/mol. The van der Waals surface area contributed by atoms with Crippen LogP contribution in [0, 0.1) is 0 Å². The average molecular weight is 376 g/mol.